The number of nitrogens with one attached hydrogen (secondary N) is 2. The quantitative estimate of drug-likeness (QED) is 0.381. The number of nitrogens with zero attached hydrogens (tertiary/aromatic N) is 2. The summed E-state index contributed by atoms with van der Waals surface area (Å²) >= 11 is 1.33. The van der Waals surface area contributed by atoms with Crippen molar-refractivity contribution in [1.29, 1.82) is 0 Å². The molecule has 1 heterocycles. The highest BCUT2D eigenvalue weighted by molar-refractivity contribution is 7.13. The van der Waals surface area contributed by atoms with Crippen molar-refractivity contribution in [3.05, 3.63) is 77.3 Å². The Hall–Kier alpha value is -3.19. The zero-order chi connectivity index (χ0) is 16.8. The van der Waals surface area contributed by atoms with Gasteiger partial charge in [-0.05, 0) is 6.07 Å². The molecule has 0 radical (unpaired) electrons. The fourth-order valence-electron chi connectivity index (χ4n) is 2.20. The lowest BCUT2D eigenvalue weighted by Gasteiger charge is -2.12. The number of carbonyl (C=O) groups excluding carboxylic acids is 1. The van der Waals surface area contributed by atoms with E-state index in [2.05, 4.69) is 20.8 Å². The van der Waals surface area contributed by atoms with Gasteiger partial charge in [-0.2, -0.15) is 0 Å². The zero-order valence-corrected chi connectivity index (χ0v) is 13.3. The Balaban J connectivity index is 1.86. The van der Waals surface area contributed by atoms with Crippen LogP contribution in [0.15, 0.2) is 71.3 Å². The molecule has 3 aromatic rings. The van der Waals surface area contributed by atoms with Gasteiger partial charge in [-0.25, -0.2) is 9.78 Å². The monoisotopic (exact) mass is 338 g/mol. The molecule has 0 aliphatic heterocycles. The molecule has 0 saturated carbocycles. The van der Waals surface area contributed by atoms with Gasteiger partial charge < -0.3 is 10.5 Å². The molecule has 6 nitrogen and oxygen atoms in total. The number of aromatic nitrogens is 1. The molecule has 3 N–H and O–H groups in total. The highest BCUT2D eigenvalue weighted by Crippen LogP contribution is 2.20. The van der Waals surface area contributed by atoms with E-state index in [4.69, 9.17) is 0 Å². The first kappa shape index (κ1) is 15.7. The van der Waals surface area contributed by atoms with Crippen LogP contribution in [0.1, 0.15) is 11.1 Å². The van der Waals surface area contributed by atoms with E-state index in [1.165, 1.54) is 11.3 Å². The number of hydrogen-bond acceptors (Lipinski definition) is 5. The van der Waals surface area contributed by atoms with E-state index < -0.39 is 6.03 Å². The molecular weight excluding hydrogens is 324 g/mol. The molecule has 0 aliphatic carbocycles. The normalized spacial score (nSPS) is 11.1. The van der Waals surface area contributed by atoms with Gasteiger partial charge in [0.1, 0.15) is 5.71 Å². The van der Waals surface area contributed by atoms with Crippen LogP contribution in [0, 0.1) is 0 Å². The van der Waals surface area contributed by atoms with Crippen LogP contribution in [-0.2, 0) is 0 Å². The van der Waals surface area contributed by atoms with Crippen LogP contribution in [0.3, 0.4) is 0 Å². The standard InChI is InChI=1S/C17H14N4O2S/c22-16(20-17-18-10-11-24-17)19-14-9-5-4-8-13(14)15(21-23)12-6-2-1-3-7-12/h1-11,23H,(H2,18,19,20,22). The average molecular weight is 338 g/mol. The third kappa shape index (κ3) is 3.58. The zero-order valence-electron chi connectivity index (χ0n) is 12.5. The average Bonchev–Trinajstić information content (AvgIpc) is 3.11. The second-order valence-electron chi connectivity index (χ2n) is 4.78. The number of rotatable bonds is 4. The lowest BCUT2D eigenvalue weighted by atomic mass is 10.0. The van der Waals surface area contributed by atoms with Gasteiger partial charge in [0.2, 0.25) is 0 Å². The van der Waals surface area contributed by atoms with E-state index in [9.17, 15) is 10.0 Å². The van der Waals surface area contributed by atoms with Crippen LogP contribution < -0.4 is 10.6 Å². The van der Waals surface area contributed by atoms with Crippen LogP contribution in [0.2, 0.25) is 0 Å². The minimum Gasteiger partial charge on any atom is -0.410 e. The lowest BCUT2D eigenvalue weighted by molar-refractivity contribution is 0.262. The van der Waals surface area contributed by atoms with E-state index in [0.717, 1.165) is 5.56 Å². The Morgan fingerprint density at radius 1 is 1.04 bits per heavy atom. The summed E-state index contributed by atoms with van der Waals surface area (Å²) in [6, 6.07) is 16.0. The van der Waals surface area contributed by atoms with Crippen LogP contribution in [-0.4, -0.2) is 21.9 Å². The minimum atomic E-state index is -0.414. The van der Waals surface area contributed by atoms with Crippen molar-refractivity contribution in [3.8, 4) is 0 Å². The summed E-state index contributed by atoms with van der Waals surface area (Å²) in [6.45, 7) is 0. The third-order valence-corrected chi connectivity index (χ3v) is 3.92. The fourth-order valence-corrected chi connectivity index (χ4v) is 2.72. The summed E-state index contributed by atoms with van der Waals surface area (Å²) in [6.07, 6.45) is 1.61. The summed E-state index contributed by atoms with van der Waals surface area (Å²) in [4.78, 5) is 16.1. The van der Waals surface area contributed by atoms with E-state index in [1.54, 1.807) is 29.8 Å². The number of benzene rings is 2. The maximum Gasteiger partial charge on any atom is 0.325 e. The number of carbonyl (C=O) groups is 1. The van der Waals surface area contributed by atoms with Crippen LogP contribution >= 0.6 is 11.3 Å². The second kappa shape index (κ2) is 7.38. The second-order valence-corrected chi connectivity index (χ2v) is 5.67. The Morgan fingerprint density at radius 2 is 1.79 bits per heavy atom. The van der Waals surface area contributed by atoms with E-state index in [0.29, 0.717) is 22.1 Å². The molecule has 120 valence electrons. The van der Waals surface area contributed by atoms with Crippen molar-refractivity contribution in [2.24, 2.45) is 5.16 Å². The molecule has 24 heavy (non-hydrogen) atoms. The number of oxime groups is 1. The Bertz CT molecular complexity index is 848. The fraction of sp³-hybridized carbons (Fsp3) is 0. The summed E-state index contributed by atoms with van der Waals surface area (Å²) in [7, 11) is 0. The Kier molecular flexibility index (Phi) is 4.83. The highest BCUT2D eigenvalue weighted by Gasteiger charge is 2.14. The third-order valence-electron chi connectivity index (χ3n) is 3.23. The van der Waals surface area contributed by atoms with Crippen molar-refractivity contribution in [2.75, 3.05) is 10.6 Å². The molecule has 0 bridgehead atoms. The topological polar surface area (TPSA) is 86.6 Å². The smallest absolute Gasteiger partial charge is 0.325 e. The molecule has 0 fully saturated rings. The first-order chi connectivity index (χ1) is 11.8. The largest absolute Gasteiger partial charge is 0.410 e. The molecule has 7 heteroatoms. The van der Waals surface area contributed by atoms with Crippen molar-refractivity contribution in [3.63, 3.8) is 0 Å². The number of hydrogen-bond donors (Lipinski definition) is 3. The minimum absolute atomic E-state index is 0.376. The molecule has 0 unspecified atom stereocenters. The first-order valence-electron chi connectivity index (χ1n) is 7.12. The lowest BCUT2D eigenvalue weighted by Crippen LogP contribution is -2.21. The summed E-state index contributed by atoms with van der Waals surface area (Å²) < 4.78 is 0. The van der Waals surface area contributed by atoms with E-state index in [-0.39, 0.29) is 0 Å². The summed E-state index contributed by atoms with van der Waals surface area (Å²) in [5.74, 6) is 0. The van der Waals surface area contributed by atoms with Gasteiger partial charge in [-0.15, -0.1) is 11.3 Å². The summed E-state index contributed by atoms with van der Waals surface area (Å²) in [5, 5.41) is 20.5. The Labute approximate surface area is 142 Å². The highest BCUT2D eigenvalue weighted by atomic mass is 32.1. The maximum atomic E-state index is 12.1. The number of urea groups is 1. The first-order valence-corrected chi connectivity index (χ1v) is 8.00. The predicted molar refractivity (Wildman–Crippen MR) is 95.1 cm³/mol. The van der Waals surface area contributed by atoms with Crippen molar-refractivity contribution in [2.45, 2.75) is 0 Å². The van der Waals surface area contributed by atoms with Gasteiger partial charge in [0.25, 0.3) is 0 Å². The molecule has 0 spiro atoms. The van der Waals surface area contributed by atoms with Gasteiger partial charge in [-0.1, -0.05) is 53.7 Å². The number of anilines is 2. The summed E-state index contributed by atoms with van der Waals surface area (Å²) in [5.41, 5.74) is 2.26. The van der Waals surface area contributed by atoms with Gasteiger partial charge >= 0.3 is 6.03 Å². The van der Waals surface area contributed by atoms with Crippen molar-refractivity contribution >= 4 is 33.9 Å². The molecule has 2 amide bonds. The van der Waals surface area contributed by atoms with Gasteiger partial charge in [0.15, 0.2) is 5.13 Å². The van der Waals surface area contributed by atoms with E-state index >= 15 is 0 Å². The number of para-hydroxylation sites is 1. The molecule has 0 saturated heterocycles. The van der Waals surface area contributed by atoms with Gasteiger partial charge in [0, 0.05) is 22.7 Å². The number of thiazole rings is 1. The van der Waals surface area contributed by atoms with Gasteiger partial charge in [0.05, 0.1) is 5.69 Å². The SMILES string of the molecule is O=C(Nc1nccs1)Nc1ccccc1C(=NO)c1ccccc1. The van der Waals surface area contributed by atoms with Crippen molar-refractivity contribution in [1.82, 2.24) is 4.98 Å². The molecule has 1 aromatic heterocycles. The van der Waals surface area contributed by atoms with E-state index in [1.807, 2.05) is 36.4 Å². The van der Waals surface area contributed by atoms with Crippen LogP contribution in [0.4, 0.5) is 15.6 Å². The van der Waals surface area contributed by atoms with Crippen LogP contribution in [0.5, 0.6) is 0 Å². The van der Waals surface area contributed by atoms with Crippen LogP contribution in [0.25, 0.3) is 0 Å². The van der Waals surface area contributed by atoms with Gasteiger partial charge in [-0.3, -0.25) is 5.32 Å². The molecular formula is C17H14N4O2S. The number of amides is 2. The van der Waals surface area contributed by atoms with Crippen molar-refractivity contribution < 1.29 is 10.0 Å². The maximum absolute atomic E-state index is 12.1. The molecule has 3 rings (SSSR count). The molecule has 0 aliphatic rings. The molecule has 0 atom stereocenters. The Morgan fingerprint density at radius 3 is 2.50 bits per heavy atom. The molecule has 2 aromatic carbocycles. The predicted octanol–water partition coefficient (Wildman–Crippen LogP) is 4.01.